The minimum absolute atomic E-state index is 0. The van der Waals surface area contributed by atoms with Crippen molar-refractivity contribution in [2.75, 3.05) is 32.1 Å². The van der Waals surface area contributed by atoms with Crippen LogP contribution in [0.4, 0.5) is 5.13 Å². The largest absolute Gasteiger partial charge is 0.466 e. The average Bonchev–Trinajstić information content (AvgIpc) is 3.09. The van der Waals surface area contributed by atoms with Crippen molar-refractivity contribution in [2.45, 2.75) is 13.8 Å². The molecule has 0 unspecified atom stereocenters. The highest BCUT2D eigenvalue weighted by Crippen LogP contribution is 2.32. The van der Waals surface area contributed by atoms with E-state index >= 15 is 0 Å². The lowest BCUT2D eigenvalue weighted by atomic mass is 10.2. The predicted octanol–water partition coefficient (Wildman–Crippen LogP) is 4.90. The molecule has 8 heteroatoms. The number of fused-ring (bicyclic) bond motifs is 1. The number of rotatable bonds is 5. The van der Waals surface area contributed by atoms with Crippen LogP contribution in [-0.2, 0) is 0 Å². The van der Waals surface area contributed by atoms with Crippen molar-refractivity contribution in [1.82, 2.24) is 9.88 Å². The number of halogens is 2. The number of carbonyl (C=O) groups excluding carboxylic acids is 1. The number of hydrogen-bond donors (Lipinski definition) is 0. The summed E-state index contributed by atoms with van der Waals surface area (Å²) in [4.78, 5) is 21.6. The third kappa shape index (κ3) is 4.46. The molecule has 0 spiro atoms. The summed E-state index contributed by atoms with van der Waals surface area (Å²) >= 11 is 5.01. The van der Waals surface area contributed by atoms with Crippen LogP contribution in [-0.4, -0.2) is 43.0 Å². The van der Waals surface area contributed by atoms with Crippen LogP contribution in [0.15, 0.2) is 33.2 Å². The Bertz CT molecular complexity index is 922. The van der Waals surface area contributed by atoms with E-state index in [0.29, 0.717) is 23.0 Å². The van der Waals surface area contributed by atoms with Gasteiger partial charge in [-0.05, 0) is 52.2 Å². The Labute approximate surface area is 171 Å². The smallest absolute Gasteiger partial charge is 0.263 e. The van der Waals surface area contributed by atoms with Gasteiger partial charge in [0.2, 0.25) is 0 Å². The van der Waals surface area contributed by atoms with Crippen LogP contribution < -0.4 is 4.90 Å². The van der Waals surface area contributed by atoms with Crippen LogP contribution >= 0.6 is 39.7 Å². The molecule has 0 aliphatic rings. The van der Waals surface area contributed by atoms with E-state index in [4.69, 9.17) is 4.42 Å². The second kappa shape index (κ2) is 8.52. The summed E-state index contributed by atoms with van der Waals surface area (Å²) in [5.41, 5.74) is 1.49. The molecular weight excluding hydrogens is 438 g/mol. The van der Waals surface area contributed by atoms with Gasteiger partial charge in [-0.25, -0.2) is 4.98 Å². The molecule has 26 heavy (non-hydrogen) atoms. The van der Waals surface area contributed by atoms with E-state index in [1.165, 1.54) is 11.3 Å². The van der Waals surface area contributed by atoms with Crippen molar-refractivity contribution in [2.24, 2.45) is 0 Å². The summed E-state index contributed by atoms with van der Waals surface area (Å²) < 4.78 is 7.59. The maximum Gasteiger partial charge on any atom is 0.263 e. The number of aryl methyl sites for hydroxylation is 2. The van der Waals surface area contributed by atoms with Crippen LogP contribution in [0.3, 0.4) is 0 Å². The summed E-state index contributed by atoms with van der Waals surface area (Å²) in [5.74, 6) is 1.30. The minimum atomic E-state index is -0.0747. The quantitative estimate of drug-likeness (QED) is 0.546. The van der Waals surface area contributed by atoms with Crippen molar-refractivity contribution >= 4 is 60.9 Å². The fourth-order valence-corrected chi connectivity index (χ4v) is 4.12. The Morgan fingerprint density at radius 3 is 2.58 bits per heavy atom. The molecule has 3 aromatic rings. The number of likely N-dealkylation sites (N-methyl/N-ethyl adjacent to an activating group) is 1. The second-order valence-electron chi connectivity index (χ2n) is 6.20. The molecule has 0 saturated heterocycles. The number of hydrogen-bond acceptors (Lipinski definition) is 5. The molecule has 0 bridgehead atoms. The minimum Gasteiger partial charge on any atom is -0.466 e. The molecule has 2 aromatic heterocycles. The molecule has 1 amide bonds. The standard InChI is InChI=1S/C18H20BrN3O2S.ClH/c1-11-9-14(12(2)24-11)17(23)22(8-7-21(3)4)18-20-15-6-5-13(19)10-16(15)25-18;/h5-6,9-10H,7-8H2,1-4H3;1H. The molecule has 0 saturated carbocycles. The van der Waals surface area contributed by atoms with Gasteiger partial charge >= 0.3 is 0 Å². The number of thiazole rings is 1. The first-order valence-corrected chi connectivity index (χ1v) is 9.56. The lowest BCUT2D eigenvalue weighted by Crippen LogP contribution is -2.36. The monoisotopic (exact) mass is 457 g/mol. The van der Waals surface area contributed by atoms with Crippen LogP contribution in [0.5, 0.6) is 0 Å². The highest BCUT2D eigenvalue weighted by molar-refractivity contribution is 9.10. The van der Waals surface area contributed by atoms with E-state index < -0.39 is 0 Å². The number of furan rings is 1. The van der Waals surface area contributed by atoms with Crippen LogP contribution in [0.25, 0.3) is 10.2 Å². The number of anilines is 1. The van der Waals surface area contributed by atoms with Gasteiger partial charge in [0.15, 0.2) is 5.13 Å². The zero-order chi connectivity index (χ0) is 18.1. The van der Waals surface area contributed by atoms with Gasteiger partial charge in [-0.3, -0.25) is 9.69 Å². The van der Waals surface area contributed by atoms with E-state index in [9.17, 15) is 4.79 Å². The molecule has 0 aliphatic carbocycles. The SMILES string of the molecule is Cc1cc(C(=O)N(CCN(C)C)c2nc3ccc(Br)cc3s2)c(C)o1.Cl. The fourth-order valence-electron chi connectivity index (χ4n) is 2.57. The molecule has 0 aliphatic heterocycles. The van der Waals surface area contributed by atoms with Gasteiger partial charge in [-0.1, -0.05) is 27.3 Å². The molecule has 2 heterocycles. The Hall–Kier alpha value is -1.41. The van der Waals surface area contributed by atoms with Crippen molar-refractivity contribution in [3.8, 4) is 0 Å². The van der Waals surface area contributed by atoms with Crippen molar-refractivity contribution < 1.29 is 9.21 Å². The van der Waals surface area contributed by atoms with E-state index in [2.05, 4.69) is 25.8 Å². The normalized spacial score (nSPS) is 11.0. The topological polar surface area (TPSA) is 49.6 Å². The Kier molecular flexibility index (Phi) is 6.85. The summed E-state index contributed by atoms with van der Waals surface area (Å²) in [5, 5.41) is 0.707. The first-order chi connectivity index (χ1) is 11.8. The highest BCUT2D eigenvalue weighted by atomic mass is 79.9. The number of amides is 1. The Morgan fingerprint density at radius 2 is 1.96 bits per heavy atom. The van der Waals surface area contributed by atoms with E-state index in [0.717, 1.165) is 27.0 Å². The number of aromatic nitrogens is 1. The molecule has 0 fully saturated rings. The van der Waals surface area contributed by atoms with Gasteiger partial charge < -0.3 is 9.32 Å². The predicted molar refractivity (Wildman–Crippen MR) is 113 cm³/mol. The fraction of sp³-hybridized carbons (Fsp3) is 0.333. The summed E-state index contributed by atoms with van der Waals surface area (Å²) in [6.07, 6.45) is 0. The molecule has 5 nitrogen and oxygen atoms in total. The lowest BCUT2D eigenvalue weighted by molar-refractivity contribution is 0.0983. The summed E-state index contributed by atoms with van der Waals surface area (Å²) in [6.45, 7) is 4.99. The van der Waals surface area contributed by atoms with E-state index in [1.54, 1.807) is 11.0 Å². The van der Waals surface area contributed by atoms with Gasteiger partial charge in [0.25, 0.3) is 5.91 Å². The van der Waals surface area contributed by atoms with E-state index in [1.807, 2.05) is 46.1 Å². The molecule has 0 atom stereocenters. The van der Waals surface area contributed by atoms with Crippen LogP contribution in [0.1, 0.15) is 21.9 Å². The van der Waals surface area contributed by atoms with Crippen molar-refractivity contribution in [1.29, 1.82) is 0 Å². The molecule has 0 N–H and O–H groups in total. The maximum atomic E-state index is 13.1. The molecular formula is C18H21BrClN3O2S. The lowest BCUT2D eigenvalue weighted by Gasteiger charge is -2.21. The van der Waals surface area contributed by atoms with Gasteiger partial charge in [-0.2, -0.15) is 0 Å². The number of nitrogens with zero attached hydrogens (tertiary/aromatic N) is 3. The first-order valence-electron chi connectivity index (χ1n) is 7.95. The third-order valence-electron chi connectivity index (χ3n) is 3.86. The third-order valence-corrected chi connectivity index (χ3v) is 5.39. The summed E-state index contributed by atoms with van der Waals surface area (Å²) in [7, 11) is 3.98. The second-order valence-corrected chi connectivity index (χ2v) is 8.12. The molecule has 0 radical (unpaired) electrons. The van der Waals surface area contributed by atoms with E-state index in [-0.39, 0.29) is 18.3 Å². The molecule has 140 valence electrons. The zero-order valence-corrected chi connectivity index (χ0v) is 18.3. The maximum absolute atomic E-state index is 13.1. The number of benzene rings is 1. The van der Waals surface area contributed by atoms with Gasteiger partial charge in [0, 0.05) is 17.6 Å². The van der Waals surface area contributed by atoms with Crippen molar-refractivity contribution in [3.63, 3.8) is 0 Å². The Balaban J connectivity index is 0.00000243. The zero-order valence-electron chi connectivity index (χ0n) is 15.1. The molecule has 3 rings (SSSR count). The summed E-state index contributed by atoms with van der Waals surface area (Å²) in [6, 6.07) is 7.74. The van der Waals surface area contributed by atoms with Crippen LogP contribution in [0.2, 0.25) is 0 Å². The number of carbonyl (C=O) groups is 1. The Morgan fingerprint density at radius 1 is 1.23 bits per heavy atom. The van der Waals surface area contributed by atoms with Crippen molar-refractivity contribution in [3.05, 3.63) is 45.8 Å². The van der Waals surface area contributed by atoms with Crippen LogP contribution in [0, 0.1) is 13.8 Å². The highest BCUT2D eigenvalue weighted by Gasteiger charge is 2.24. The average molecular weight is 459 g/mol. The van der Waals surface area contributed by atoms with Gasteiger partial charge in [-0.15, -0.1) is 12.4 Å². The van der Waals surface area contributed by atoms with Gasteiger partial charge in [0.05, 0.1) is 15.8 Å². The first kappa shape index (κ1) is 20.9. The molecule has 1 aromatic carbocycles. The van der Waals surface area contributed by atoms with Gasteiger partial charge in [0.1, 0.15) is 11.5 Å².